The Morgan fingerprint density at radius 3 is 1.84 bits per heavy atom. The van der Waals surface area contributed by atoms with Crippen LogP contribution < -0.4 is 0 Å². The van der Waals surface area contributed by atoms with Gasteiger partial charge in [0.05, 0.1) is 12.2 Å². The molecule has 2 atom stereocenters. The first-order valence-electron chi connectivity index (χ1n) is 7.41. The summed E-state index contributed by atoms with van der Waals surface area (Å²) in [6.45, 7) is 3.57. The second-order valence-corrected chi connectivity index (χ2v) is 6.84. The second-order valence-electron chi connectivity index (χ2n) is 6.84. The molecule has 0 heterocycles. The van der Waals surface area contributed by atoms with Crippen LogP contribution in [0.2, 0.25) is 0 Å². The number of methoxy groups -OCH3 is 1. The summed E-state index contributed by atoms with van der Waals surface area (Å²) in [5, 5.41) is 0. The van der Waals surface area contributed by atoms with Gasteiger partial charge in [-0.3, -0.25) is 0 Å². The number of alkyl halides is 3. The van der Waals surface area contributed by atoms with E-state index in [1.54, 1.807) is 0 Å². The van der Waals surface area contributed by atoms with Crippen LogP contribution in [0.3, 0.4) is 0 Å². The molecule has 1 aromatic carbocycles. The van der Waals surface area contributed by atoms with Crippen molar-refractivity contribution in [3.63, 3.8) is 0 Å². The maximum absolute atomic E-state index is 14.5. The average Bonchev–Trinajstić information content (AvgIpc) is 2.91. The molecule has 0 aliphatic heterocycles. The van der Waals surface area contributed by atoms with Crippen molar-refractivity contribution in [2.24, 2.45) is 11.3 Å². The molecular weight excluding hydrogens is 353 g/mol. The Bertz CT molecular complexity index is 692. The van der Waals surface area contributed by atoms with E-state index in [9.17, 15) is 30.7 Å². The first kappa shape index (κ1) is 19.8. The molecule has 1 aromatic rings. The number of hydrogen-bond acceptors (Lipinski definition) is 1. The van der Waals surface area contributed by atoms with Crippen LogP contribution in [0.1, 0.15) is 31.9 Å². The molecule has 0 amide bonds. The van der Waals surface area contributed by atoms with Gasteiger partial charge in [-0.2, -0.15) is 13.2 Å². The SMILES string of the molecule is COCc1c(F)c(F)c(C2(C)C(C=CC(F)(F)F)C2(C)C)c(F)c1F. The topological polar surface area (TPSA) is 9.23 Å². The van der Waals surface area contributed by atoms with Crippen molar-refractivity contribution in [2.75, 3.05) is 7.11 Å². The summed E-state index contributed by atoms with van der Waals surface area (Å²) in [7, 11) is 1.10. The highest BCUT2D eigenvalue weighted by atomic mass is 19.4. The highest BCUT2D eigenvalue weighted by molar-refractivity contribution is 5.45. The Hall–Kier alpha value is -1.57. The van der Waals surface area contributed by atoms with Gasteiger partial charge in [0.1, 0.15) is 0 Å². The third-order valence-electron chi connectivity index (χ3n) is 5.29. The number of rotatable bonds is 4. The molecule has 0 spiro atoms. The van der Waals surface area contributed by atoms with E-state index >= 15 is 0 Å². The summed E-state index contributed by atoms with van der Waals surface area (Å²) in [5.41, 5.74) is -4.34. The van der Waals surface area contributed by atoms with E-state index < -0.39 is 63.9 Å². The van der Waals surface area contributed by atoms with Crippen molar-refractivity contribution >= 4 is 0 Å². The van der Waals surface area contributed by atoms with Crippen LogP contribution in [-0.2, 0) is 16.8 Å². The Kier molecular flexibility index (Phi) is 4.74. The van der Waals surface area contributed by atoms with Gasteiger partial charge < -0.3 is 4.74 Å². The van der Waals surface area contributed by atoms with E-state index in [4.69, 9.17) is 0 Å². The fourth-order valence-electron chi connectivity index (χ4n) is 3.55. The highest BCUT2D eigenvalue weighted by Gasteiger charge is 2.69. The number of allylic oxidation sites excluding steroid dienone is 2. The molecule has 0 radical (unpaired) electrons. The monoisotopic (exact) mass is 370 g/mol. The van der Waals surface area contributed by atoms with E-state index in [0.29, 0.717) is 0 Å². The zero-order valence-electron chi connectivity index (χ0n) is 14.0. The van der Waals surface area contributed by atoms with Crippen LogP contribution in [0.4, 0.5) is 30.7 Å². The maximum atomic E-state index is 14.5. The third kappa shape index (κ3) is 2.94. The highest BCUT2D eigenvalue weighted by Crippen LogP contribution is 2.70. The molecular formula is C17H17F7O. The smallest absolute Gasteiger partial charge is 0.380 e. The fourth-order valence-corrected chi connectivity index (χ4v) is 3.55. The lowest BCUT2D eigenvalue weighted by molar-refractivity contribution is -0.0801. The molecule has 2 unspecified atom stereocenters. The summed E-state index contributed by atoms with van der Waals surface area (Å²) in [6.07, 6.45) is -3.86. The van der Waals surface area contributed by atoms with Gasteiger partial charge in [-0.05, 0) is 11.3 Å². The van der Waals surface area contributed by atoms with E-state index in [2.05, 4.69) is 4.74 Å². The summed E-state index contributed by atoms with van der Waals surface area (Å²) in [4.78, 5) is 0. The Morgan fingerprint density at radius 1 is 0.960 bits per heavy atom. The number of hydrogen-bond donors (Lipinski definition) is 0. The molecule has 0 saturated heterocycles. The van der Waals surface area contributed by atoms with Gasteiger partial charge in [-0.25, -0.2) is 17.6 Å². The maximum Gasteiger partial charge on any atom is 0.409 e. The number of benzene rings is 1. The quantitative estimate of drug-likeness (QED) is 0.391. The molecule has 1 saturated carbocycles. The van der Waals surface area contributed by atoms with E-state index in [-0.39, 0.29) is 6.08 Å². The summed E-state index contributed by atoms with van der Waals surface area (Å²) >= 11 is 0. The van der Waals surface area contributed by atoms with Crippen molar-refractivity contribution in [1.29, 1.82) is 0 Å². The molecule has 1 aliphatic carbocycles. The molecule has 1 nitrogen and oxygen atoms in total. The molecule has 25 heavy (non-hydrogen) atoms. The van der Waals surface area contributed by atoms with E-state index in [1.807, 2.05) is 0 Å². The van der Waals surface area contributed by atoms with E-state index in [1.165, 1.54) is 20.8 Å². The van der Waals surface area contributed by atoms with Gasteiger partial charge in [0.25, 0.3) is 0 Å². The Morgan fingerprint density at radius 2 is 1.44 bits per heavy atom. The van der Waals surface area contributed by atoms with Gasteiger partial charge in [0.15, 0.2) is 23.3 Å². The molecule has 1 aliphatic rings. The fraction of sp³-hybridized carbons (Fsp3) is 0.529. The molecule has 2 rings (SSSR count). The minimum atomic E-state index is -4.60. The van der Waals surface area contributed by atoms with E-state index in [0.717, 1.165) is 13.2 Å². The largest absolute Gasteiger partial charge is 0.409 e. The number of halogens is 7. The van der Waals surface area contributed by atoms with Crippen LogP contribution in [0.25, 0.3) is 0 Å². The Balaban J connectivity index is 2.60. The second kappa shape index (κ2) is 6.00. The lowest BCUT2D eigenvalue weighted by Gasteiger charge is -2.19. The van der Waals surface area contributed by atoms with Crippen LogP contribution in [0.5, 0.6) is 0 Å². The summed E-state index contributed by atoms with van der Waals surface area (Å²) < 4.78 is 99.0. The normalized spacial score (nSPS) is 25.6. The molecule has 0 bridgehead atoms. The van der Waals surface area contributed by atoms with Crippen LogP contribution >= 0.6 is 0 Å². The predicted octanol–water partition coefficient (Wildman–Crippen LogP) is 5.42. The lowest BCUT2D eigenvalue weighted by atomic mass is 9.87. The molecule has 0 N–H and O–H groups in total. The lowest BCUT2D eigenvalue weighted by Crippen LogP contribution is -2.19. The van der Waals surface area contributed by atoms with Crippen LogP contribution in [0.15, 0.2) is 12.2 Å². The molecule has 8 heteroatoms. The summed E-state index contributed by atoms with van der Waals surface area (Å²) in [5.74, 6) is -7.36. The van der Waals surface area contributed by atoms with Gasteiger partial charge in [0, 0.05) is 24.2 Å². The zero-order chi connectivity index (χ0) is 19.4. The van der Waals surface area contributed by atoms with Crippen molar-refractivity contribution in [3.8, 4) is 0 Å². The minimum absolute atomic E-state index is 0.0352. The van der Waals surface area contributed by atoms with Gasteiger partial charge in [-0.1, -0.05) is 26.8 Å². The molecule has 0 aromatic heterocycles. The number of ether oxygens (including phenoxy) is 1. The average molecular weight is 370 g/mol. The van der Waals surface area contributed by atoms with Crippen molar-refractivity contribution < 1.29 is 35.5 Å². The molecule has 140 valence electrons. The van der Waals surface area contributed by atoms with Gasteiger partial charge in [0.2, 0.25) is 0 Å². The minimum Gasteiger partial charge on any atom is -0.380 e. The third-order valence-corrected chi connectivity index (χ3v) is 5.29. The zero-order valence-corrected chi connectivity index (χ0v) is 14.0. The van der Waals surface area contributed by atoms with Crippen molar-refractivity contribution in [3.05, 3.63) is 46.5 Å². The van der Waals surface area contributed by atoms with Crippen molar-refractivity contribution in [2.45, 2.75) is 39.0 Å². The summed E-state index contributed by atoms with van der Waals surface area (Å²) in [6, 6.07) is 0. The first-order chi connectivity index (χ1) is 11.3. The standard InChI is InChI=1S/C17H17F7O/c1-15(2)9(5-6-17(22,23)24)16(15,3)10-13(20)11(18)8(7-25-4)12(19)14(10)21/h5-6,9H,7H2,1-4H3. The van der Waals surface area contributed by atoms with Gasteiger partial charge in [-0.15, -0.1) is 0 Å². The molecule has 1 fully saturated rings. The first-order valence-corrected chi connectivity index (χ1v) is 7.41. The van der Waals surface area contributed by atoms with Crippen LogP contribution in [-0.4, -0.2) is 13.3 Å². The van der Waals surface area contributed by atoms with Gasteiger partial charge >= 0.3 is 6.18 Å². The predicted molar refractivity (Wildman–Crippen MR) is 76.8 cm³/mol. The van der Waals surface area contributed by atoms with Crippen molar-refractivity contribution in [1.82, 2.24) is 0 Å². The van der Waals surface area contributed by atoms with Crippen LogP contribution in [0, 0.1) is 34.6 Å². The Labute approximate surface area is 140 Å².